The smallest absolute Gasteiger partial charge is 0.270 e. The molecule has 1 aliphatic rings. The minimum atomic E-state index is -0.0970. The van der Waals surface area contributed by atoms with E-state index in [9.17, 15) is 4.79 Å². The lowest BCUT2D eigenvalue weighted by Gasteiger charge is -2.23. The predicted octanol–water partition coefficient (Wildman–Crippen LogP) is 3.40. The molecule has 142 valence electrons. The Labute approximate surface area is 166 Å². The molecule has 7 heteroatoms. The summed E-state index contributed by atoms with van der Waals surface area (Å²) in [5.41, 5.74) is 4.71. The van der Waals surface area contributed by atoms with Gasteiger partial charge in [-0.1, -0.05) is 35.1 Å². The Hall–Kier alpha value is -2.77. The highest BCUT2D eigenvalue weighted by Crippen LogP contribution is 2.29. The van der Waals surface area contributed by atoms with Gasteiger partial charge in [-0.2, -0.15) is 0 Å². The molecule has 0 aliphatic carbocycles. The van der Waals surface area contributed by atoms with Gasteiger partial charge >= 0.3 is 0 Å². The standard InChI is InChI=1S/C21H21N5OS/c1-13-3-2-4-14(9-13)17-12-26-18-11-23-16(10-19(18)28-21(26)25-17)20(27)24-15-5-7-22-8-6-15/h2-4,9-12,15,22H,5-8H2,1H3,(H,24,27). The van der Waals surface area contributed by atoms with Crippen LogP contribution < -0.4 is 10.6 Å². The number of aryl methyl sites for hydroxylation is 1. The second-order valence-corrected chi connectivity index (χ2v) is 8.29. The quantitative estimate of drug-likeness (QED) is 0.562. The van der Waals surface area contributed by atoms with Crippen LogP contribution in [0.5, 0.6) is 0 Å². The van der Waals surface area contributed by atoms with E-state index >= 15 is 0 Å². The number of hydrogen-bond donors (Lipinski definition) is 2. The lowest BCUT2D eigenvalue weighted by molar-refractivity contribution is 0.0924. The molecular weight excluding hydrogens is 370 g/mol. The number of pyridine rings is 1. The highest BCUT2D eigenvalue weighted by molar-refractivity contribution is 7.23. The number of nitrogens with zero attached hydrogens (tertiary/aromatic N) is 3. The number of rotatable bonds is 3. The molecule has 0 unspecified atom stereocenters. The van der Waals surface area contributed by atoms with Gasteiger partial charge in [0.25, 0.3) is 5.91 Å². The van der Waals surface area contributed by atoms with Crippen molar-refractivity contribution in [1.29, 1.82) is 0 Å². The van der Waals surface area contributed by atoms with Crippen LogP contribution in [0.3, 0.4) is 0 Å². The summed E-state index contributed by atoms with van der Waals surface area (Å²) < 4.78 is 3.07. The Kier molecular flexibility index (Phi) is 4.33. The summed E-state index contributed by atoms with van der Waals surface area (Å²) in [6.07, 6.45) is 5.74. The van der Waals surface area contributed by atoms with Gasteiger partial charge in [-0.25, -0.2) is 9.97 Å². The first-order valence-corrected chi connectivity index (χ1v) is 10.4. The molecule has 6 nitrogen and oxygen atoms in total. The number of hydrogen-bond acceptors (Lipinski definition) is 5. The second kappa shape index (κ2) is 7.00. The molecule has 1 amide bonds. The van der Waals surface area contributed by atoms with Gasteiger partial charge in [0.1, 0.15) is 5.69 Å². The summed E-state index contributed by atoms with van der Waals surface area (Å²) in [4.78, 5) is 22.7. The lowest BCUT2D eigenvalue weighted by atomic mass is 10.1. The van der Waals surface area contributed by atoms with E-state index in [2.05, 4.69) is 45.1 Å². The largest absolute Gasteiger partial charge is 0.348 e. The predicted molar refractivity (Wildman–Crippen MR) is 112 cm³/mol. The van der Waals surface area contributed by atoms with Crippen LogP contribution in [0.1, 0.15) is 28.9 Å². The minimum Gasteiger partial charge on any atom is -0.348 e. The van der Waals surface area contributed by atoms with Crippen LogP contribution in [0.2, 0.25) is 0 Å². The summed E-state index contributed by atoms with van der Waals surface area (Å²) in [5, 5.41) is 6.41. The molecule has 5 rings (SSSR count). The fourth-order valence-corrected chi connectivity index (χ4v) is 4.71. The molecular formula is C21H21N5OS. The fourth-order valence-electron chi connectivity index (χ4n) is 3.69. The minimum absolute atomic E-state index is 0.0970. The zero-order valence-electron chi connectivity index (χ0n) is 15.6. The first-order chi connectivity index (χ1) is 13.7. The van der Waals surface area contributed by atoms with Crippen LogP contribution in [-0.2, 0) is 0 Å². The Bertz CT molecular complexity index is 1170. The van der Waals surface area contributed by atoms with Crippen molar-refractivity contribution in [3.8, 4) is 11.3 Å². The van der Waals surface area contributed by atoms with Crippen molar-refractivity contribution in [1.82, 2.24) is 25.0 Å². The summed E-state index contributed by atoms with van der Waals surface area (Å²) >= 11 is 1.58. The number of thiazole rings is 1. The molecule has 3 aromatic heterocycles. The molecule has 28 heavy (non-hydrogen) atoms. The van der Waals surface area contributed by atoms with Crippen LogP contribution in [-0.4, -0.2) is 39.4 Å². The van der Waals surface area contributed by atoms with Crippen molar-refractivity contribution in [2.75, 3.05) is 13.1 Å². The highest BCUT2D eigenvalue weighted by atomic mass is 32.1. The van der Waals surface area contributed by atoms with Crippen LogP contribution in [0.15, 0.2) is 42.7 Å². The molecule has 1 aliphatic heterocycles. The number of benzene rings is 1. The zero-order chi connectivity index (χ0) is 19.1. The molecule has 1 saturated heterocycles. The third-order valence-electron chi connectivity index (χ3n) is 5.20. The second-order valence-electron chi connectivity index (χ2n) is 7.29. The third-order valence-corrected chi connectivity index (χ3v) is 6.22. The molecule has 0 atom stereocenters. The molecule has 0 saturated carbocycles. The summed E-state index contributed by atoms with van der Waals surface area (Å²) in [7, 11) is 0. The van der Waals surface area contributed by atoms with Gasteiger partial charge in [-0.15, -0.1) is 0 Å². The van der Waals surface area contributed by atoms with Crippen molar-refractivity contribution in [3.63, 3.8) is 0 Å². The maximum absolute atomic E-state index is 12.6. The van der Waals surface area contributed by atoms with Gasteiger partial charge in [-0.3, -0.25) is 9.20 Å². The number of carbonyl (C=O) groups is 1. The van der Waals surface area contributed by atoms with E-state index in [1.54, 1.807) is 17.5 Å². The average molecular weight is 392 g/mol. The zero-order valence-corrected chi connectivity index (χ0v) is 16.4. The molecule has 4 heterocycles. The van der Waals surface area contributed by atoms with Gasteiger partial charge in [0.15, 0.2) is 4.96 Å². The number of fused-ring (bicyclic) bond motifs is 3. The van der Waals surface area contributed by atoms with Crippen molar-refractivity contribution in [2.24, 2.45) is 0 Å². The number of imidazole rings is 1. The van der Waals surface area contributed by atoms with E-state index in [0.717, 1.165) is 52.4 Å². The van der Waals surface area contributed by atoms with Gasteiger partial charge in [0, 0.05) is 17.8 Å². The molecule has 0 bridgehead atoms. The van der Waals surface area contributed by atoms with Crippen LogP contribution in [0.25, 0.3) is 26.4 Å². The van der Waals surface area contributed by atoms with Crippen molar-refractivity contribution < 1.29 is 4.79 Å². The van der Waals surface area contributed by atoms with Crippen LogP contribution in [0.4, 0.5) is 0 Å². The summed E-state index contributed by atoms with van der Waals surface area (Å²) in [6.45, 7) is 3.98. The Morgan fingerprint density at radius 1 is 1.29 bits per heavy atom. The Balaban J connectivity index is 1.45. The van der Waals surface area contributed by atoms with E-state index < -0.39 is 0 Å². The third kappa shape index (κ3) is 3.16. The average Bonchev–Trinajstić information content (AvgIpc) is 3.26. The SMILES string of the molecule is Cc1cccc(-c2cn3c(n2)sc2cc(C(=O)NC4CCNCC4)ncc23)c1. The van der Waals surface area contributed by atoms with E-state index in [4.69, 9.17) is 4.98 Å². The van der Waals surface area contributed by atoms with E-state index in [1.807, 2.05) is 18.3 Å². The molecule has 2 N–H and O–H groups in total. The van der Waals surface area contributed by atoms with Crippen LogP contribution in [0, 0.1) is 6.92 Å². The van der Waals surface area contributed by atoms with E-state index in [0.29, 0.717) is 5.69 Å². The number of carbonyl (C=O) groups excluding carboxylic acids is 1. The van der Waals surface area contributed by atoms with Gasteiger partial charge in [-0.05, 0) is 45.0 Å². The molecule has 0 spiro atoms. The van der Waals surface area contributed by atoms with Crippen LogP contribution >= 0.6 is 11.3 Å². The van der Waals surface area contributed by atoms with E-state index in [-0.39, 0.29) is 11.9 Å². The van der Waals surface area contributed by atoms with Crippen molar-refractivity contribution >= 4 is 32.4 Å². The molecule has 1 aromatic carbocycles. The molecule has 0 radical (unpaired) electrons. The number of nitrogens with one attached hydrogen (secondary N) is 2. The van der Waals surface area contributed by atoms with Crippen molar-refractivity contribution in [2.45, 2.75) is 25.8 Å². The maximum Gasteiger partial charge on any atom is 0.270 e. The first kappa shape index (κ1) is 17.3. The normalized spacial score (nSPS) is 15.3. The molecule has 1 fully saturated rings. The van der Waals surface area contributed by atoms with Gasteiger partial charge in [0.2, 0.25) is 0 Å². The highest BCUT2D eigenvalue weighted by Gasteiger charge is 2.18. The van der Waals surface area contributed by atoms with E-state index in [1.165, 1.54) is 5.56 Å². The fraction of sp³-hybridized carbons (Fsp3) is 0.286. The van der Waals surface area contributed by atoms with Gasteiger partial charge in [0.05, 0.1) is 22.1 Å². The number of aromatic nitrogens is 3. The first-order valence-electron chi connectivity index (χ1n) is 9.54. The topological polar surface area (TPSA) is 71.3 Å². The Morgan fingerprint density at radius 2 is 2.14 bits per heavy atom. The summed E-state index contributed by atoms with van der Waals surface area (Å²) in [6, 6.07) is 10.4. The Morgan fingerprint density at radius 3 is 2.96 bits per heavy atom. The monoisotopic (exact) mass is 391 g/mol. The number of piperidine rings is 1. The molecule has 4 aromatic rings. The van der Waals surface area contributed by atoms with Crippen molar-refractivity contribution in [3.05, 3.63) is 54.0 Å². The number of amides is 1. The lowest BCUT2D eigenvalue weighted by Crippen LogP contribution is -2.42. The summed E-state index contributed by atoms with van der Waals surface area (Å²) in [5.74, 6) is -0.0970. The van der Waals surface area contributed by atoms with Gasteiger partial charge < -0.3 is 10.6 Å². The maximum atomic E-state index is 12.6.